The van der Waals surface area contributed by atoms with Crippen LogP contribution in [0.1, 0.15) is 6.42 Å². The molecule has 4 nitrogen and oxygen atoms in total. The number of hydrazine groups is 1. The summed E-state index contributed by atoms with van der Waals surface area (Å²) < 4.78 is 0. The Bertz CT molecular complexity index is 1520. The molecule has 0 heterocycles. The van der Waals surface area contributed by atoms with E-state index in [4.69, 9.17) is 5.84 Å². The molecule has 0 fully saturated rings. The minimum Gasteiger partial charge on any atom is -0.334 e. The second kappa shape index (κ2) is 11.7. The van der Waals surface area contributed by atoms with Gasteiger partial charge in [0.2, 0.25) is 0 Å². The smallest absolute Gasteiger partial charge is 0.0576 e. The maximum Gasteiger partial charge on any atom is 0.0576 e. The summed E-state index contributed by atoms with van der Waals surface area (Å²) in [5.41, 5.74) is 7.25. The van der Waals surface area contributed by atoms with Gasteiger partial charge in [0.05, 0.1) is 23.1 Å². The molecule has 0 aromatic heterocycles. The van der Waals surface area contributed by atoms with Crippen molar-refractivity contribution in [3.63, 3.8) is 0 Å². The molecule has 4 heteroatoms. The molecule has 0 saturated carbocycles. The van der Waals surface area contributed by atoms with Gasteiger partial charge in [-0.1, -0.05) is 72.8 Å². The Morgan fingerprint density at radius 1 is 0.550 bits per heavy atom. The predicted octanol–water partition coefficient (Wildman–Crippen LogP) is 8.79. The molecule has 6 rings (SSSR count). The fourth-order valence-corrected chi connectivity index (χ4v) is 5.07. The molecule has 0 saturated heterocycles. The molecular weight excluding hydrogens is 488 g/mol. The van der Waals surface area contributed by atoms with Crippen molar-refractivity contribution in [3.05, 3.63) is 164 Å². The van der Waals surface area contributed by atoms with Crippen LogP contribution in [0.4, 0.5) is 39.8 Å². The molecule has 1 unspecified atom stereocenters. The Morgan fingerprint density at radius 3 is 1.62 bits per heavy atom. The molecule has 194 valence electrons. The Hall–Kier alpha value is -5.24. The fourth-order valence-electron chi connectivity index (χ4n) is 5.07. The van der Waals surface area contributed by atoms with Crippen molar-refractivity contribution >= 4 is 39.8 Å². The molecular formula is C36H30N4. The minimum atomic E-state index is 0.227. The van der Waals surface area contributed by atoms with E-state index in [9.17, 15) is 0 Å². The summed E-state index contributed by atoms with van der Waals surface area (Å²) >= 11 is 0. The van der Waals surface area contributed by atoms with E-state index in [0.717, 1.165) is 46.2 Å². The number of hydrogen-bond acceptors (Lipinski definition) is 4. The number of para-hydroxylation sites is 2. The third-order valence-electron chi connectivity index (χ3n) is 7.03. The van der Waals surface area contributed by atoms with Gasteiger partial charge in [-0.3, -0.25) is 5.01 Å². The van der Waals surface area contributed by atoms with Crippen LogP contribution in [0.15, 0.2) is 152 Å². The van der Waals surface area contributed by atoms with Crippen LogP contribution < -0.4 is 20.7 Å². The average Bonchev–Trinajstić information content (AvgIpc) is 3.04. The van der Waals surface area contributed by atoms with E-state index in [1.165, 1.54) is 0 Å². The van der Waals surface area contributed by atoms with Crippen LogP contribution in [-0.2, 0) is 0 Å². The first-order chi connectivity index (χ1) is 19.8. The second-order valence-electron chi connectivity index (χ2n) is 9.59. The zero-order valence-corrected chi connectivity index (χ0v) is 22.1. The number of benzene rings is 4. The number of rotatable bonds is 8. The van der Waals surface area contributed by atoms with Crippen molar-refractivity contribution in [2.45, 2.75) is 12.5 Å². The topological polar surface area (TPSA) is 35.7 Å². The van der Waals surface area contributed by atoms with Gasteiger partial charge in [0.1, 0.15) is 0 Å². The number of hydrogen-bond donors (Lipinski definition) is 1. The highest BCUT2D eigenvalue weighted by atomic mass is 15.4. The molecule has 5 aromatic rings. The number of anilines is 7. The van der Waals surface area contributed by atoms with E-state index in [1.54, 1.807) is 5.01 Å². The van der Waals surface area contributed by atoms with Gasteiger partial charge in [-0.15, -0.1) is 0 Å². The summed E-state index contributed by atoms with van der Waals surface area (Å²) in [5.74, 6) is 6.62. The molecule has 40 heavy (non-hydrogen) atoms. The molecule has 1 aliphatic carbocycles. The summed E-state index contributed by atoms with van der Waals surface area (Å²) in [6.45, 7) is 0. The highest BCUT2D eigenvalue weighted by molar-refractivity contribution is 5.78. The van der Waals surface area contributed by atoms with Crippen molar-refractivity contribution < 1.29 is 0 Å². The molecule has 1 aliphatic rings. The van der Waals surface area contributed by atoms with E-state index >= 15 is 0 Å². The van der Waals surface area contributed by atoms with Crippen LogP contribution in [0, 0.1) is 12.1 Å². The molecule has 2 N–H and O–H groups in total. The van der Waals surface area contributed by atoms with Crippen molar-refractivity contribution in [3.8, 4) is 0 Å². The van der Waals surface area contributed by atoms with Crippen LogP contribution in [0.5, 0.6) is 0 Å². The van der Waals surface area contributed by atoms with E-state index in [1.807, 2.05) is 24.3 Å². The lowest BCUT2D eigenvalue weighted by molar-refractivity contribution is 0.785. The molecule has 0 amide bonds. The van der Waals surface area contributed by atoms with Gasteiger partial charge in [-0.05, 0) is 91.3 Å². The lowest BCUT2D eigenvalue weighted by Crippen LogP contribution is -2.30. The van der Waals surface area contributed by atoms with Gasteiger partial charge in [-0.25, -0.2) is 5.84 Å². The summed E-state index contributed by atoms with van der Waals surface area (Å²) in [7, 11) is 0. The van der Waals surface area contributed by atoms with E-state index in [2.05, 4.69) is 149 Å². The van der Waals surface area contributed by atoms with E-state index < -0.39 is 0 Å². The van der Waals surface area contributed by atoms with E-state index in [-0.39, 0.29) is 6.04 Å². The van der Waals surface area contributed by atoms with Gasteiger partial charge in [0.15, 0.2) is 0 Å². The standard InChI is InChI=1S/C36H30N4/c37-40(35-25-21-33(22-26-35)38(29-13-5-1-6-14-29)30-15-7-2-8-16-30)36-27-23-34(24-28-36)39(31-17-9-3-10-18-31)32-19-11-4-12-20-32/h1-3,5-11,13-17,19-28,31H,18,37H2. The maximum atomic E-state index is 6.62. The number of allylic oxidation sites excluding steroid dienone is 2. The van der Waals surface area contributed by atoms with Crippen molar-refractivity contribution in [2.24, 2.45) is 5.84 Å². The Labute approximate surface area is 236 Å². The van der Waals surface area contributed by atoms with Gasteiger partial charge < -0.3 is 9.80 Å². The third-order valence-corrected chi connectivity index (χ3v) is 7.03. The van der Waals surface area contributed by atoms with Gasteiger partial charge in [0.25, 0.3) is 0 Å². The van der Waals surface area contributed by atoms with Crippen LogP contribution in [0.3, 0.4) is 0 Å². The van der Waals surface area contributed by atoms with Gasteiger partial charge >= 0.3 is 0 Å². The van der Waals surface area contributed by atoms with Crippen LogP contribution in [0.2, 0.25) is 0 Å². The van der Waals surface area contributed by atoms with Gasteiger partial charge in [0, 0.05) is 28.8 Å². The third kappa shape index (κ3) is 5.33. The van der Waals surface area contributed by atoms with Crippen molar-refractivity contribution in [1.82, 2.24) is 0 Å². The minimum absolute atomic E-state index is 0.227. The lowest BCUT2D eigenvalue weighted by atomic mass is 10.0. The molecule has 0 bridgehead atoms. The Kier molecular flexibility index (Phi) is 7.30. The monoisotopic (exact) mass is 518 g/mol. The first-order valence-electron chi connectivity index (χ1n) is 13.4. The van der Waals surface area contributed by atoms with Gasteiger partial charge in [-0.2, -0.15) is 0 Å². The Balaban J connectivity index is 1.25. The first-order valence-corrected chi connectivity index (χ1v) is 13.4. The highest BCUT2D eigenvalue weighted by Crippen LogP contribution is 2.36. The molecule has 0 aliphatic heterocycles. The molecule has 0 spiro atoms. The van der Waals surface area contributed by atoms with Crippen LogP contribution in [-0.4, -0.2) is 6.04 Å². The van der Waals surface area contributed by atoms with Crippen LogP contribution in [0.25, 0.3) is 0 Å². The van der Waals surface area contributed by atoms with Crippen molar-refractivity contribution in [1.29, 1.82) is 0 Å². The maximum absolute atomic E-state index is 6.62. The summed E-state index contributed by atoms with van der Waals surface area (Å²) in [6, 6.07) is 49.8. The zero-order chi connectivity index (χ0) is 27.1. The second-order valence-corrected chi connectivity index (χ2v) is 9.59. The van der Waals surface area contributed by atoms with Crippen LogP contribution >= 0.6 is 0 Å². The molecule has 0 radical (unpaired) electrons. The average molecular weight is 519 g/mol. The zero-order valence-electron chi connectivity index (χ0n) is 22.1. The predicted molar refractivity (Wildman–Crippen MR) is 167 cm³/mol. The van der Waals surface area contributed by atoms with Crippen molar-refractivity contribution in [2.75, 3.05) is 14.8 Å². The quantitative estimate of drug-likeness (QED) is 0.164. The summed E-state index contributed by atoms with van der Waals surface area (Å²) in [5, 5.41) is 1.72. The SMILES string of the molecule is NN(c1ccc(N(c2ccccc2)c2ccccc2)cc1)c1ccc(N(c2cc#ccc2)C2C=CC=CC2)cc1. The number of nitrogens with zero attached hydrogens (tertiary/aromatic N) is 3. The number of nitrogens with two attached hydrogens (primary N) is 1. The summed E-state index contributed by atoms with van der Waals surface area (Å²) in [6.07, 6.45) is 9.58. The molecule has 1 atom stereocenters. The largest absolute Gasteiger partial charge is 0.334 e. The van der Waals surface area contributed by atoms with E-state index in [0.29, 0.717) is 0 Å². The fraction of sp³-hybridized carbons (Fsp3) is 0.0556. The summed E-state index contributed by atoms with van der Waals surface area (Å²) in [4.78, 5) is 4.56. The Morgan fingerprint density at radius 2 is 1.10 bits per heavy atom. The molecule has 5 aromatic carbocycles. The highest BCUT2D eigenvalue weighted by Gasteiger charge is 2.19. The first kappa shape index (κ1) is 25.1. The normalized spacial score (nSPS) is 13.9. The lowest BCUT2D eigenvalue weighted by Gasteiger charge is -2.32.